The van der Waals surface area contributed by atoms with Gasteiger partial charge < -0.3 is 9.64 Å². The molecule has 0 radical (unpaired) electrons. The van der Waals surface area contributed by atoms with Crippen LogP contribution < -0.4 is 0 Å². The SMILES string of the molecule is CCN(CC(=O)OC)C(=O)Cc1csc(-c2cccs2)n1. The van der Waals surface area contributed by atoms with Crippen LogP contribution >= 0.6 is 22.7 Å². The minimum Gasteiger partial charge on any atom is -0.468 e. The molecule has 0 aliphatic rings. The van der Waals surface area contributed by atoms with E-state index in [9.17, 15) is 9.59 Å². The fraction of sp³-hybridized carbons (Fsp3) is 0.357. The highest BCUT2D eigenvalue weighted by Gasteiger charge is 2.17. The second-order valence-corrected chi connectivity index (χ2v) is 6.09. The van der Waals surface area contributed by atoms with Crippen molar-refractivity contribution in [3.63, 3.8) is 0 Å². The summed E-state index contributed by atoms with van der Waals surface area (Å²) in [5.74, 6) is -0.534. The van der Waals surface area contributed by atoms with E-state index >= 15 is 0 Å². The molecule has 2 heterocycles. The molecule has 21 heavy (non-hydrogen) atoms. The van der Waals surface area contributed by atoms with Crippen LogP contribution in [0.25, 0.3) is 9.88 Å². The Hall–Kier alpha value is -1.73. The molecule has 2 aromatic heterocycles. The lowest BCUT2D eigenvalue weighted by atomic mass is 10.3. The Morgan fingerprint density at radius 1 is 1.38 bits per heavy atom. The van der Waals surface area contributed by atoms with Gasteiger partial charge in [0.15, 0.2) is 0 Å². The zero-order chi connectivity index (χ0) is 15.2. The molecule has 2 aromatic rings. The normalized spacial score (nSPS) is 10.4. The van der Waals surface area contributed by atoms with E-state index in [0.29, 0.717) is 6.54 Å². The van der Waals surface area contributed by atoms with Gasteiger partial charge in [0.05, 0.1) is 24.1 Å². The zero-order valence-corrected chi connectivity index (χ0v) is 13.5. The van der Waals surface area contributed by atoms with Crippen molar-refractivity contribution < 1.29 is 14.3 Å². The number of rotatable bonds is 6. The number of hydrogen-bond acceptors (Lipinski definition) is 6. The van der Waals surface area contributed by atoms with Gasteiger partial charge in [-0.05, 0) is 18.4 Å². The summed E-state index contributed by atoms with van der Waals surface area (Å²) >= 11 is 3.15. The third-order valence-corrected chi connectivity index (χ3v) is 4.83. The molecular formula is C14H16N2O3S2. The van der Waals surface area contributed by atoms with E-state index in [1.165, 1.54) is 23.3 Å². The highest BCUT2D eigenvalue weighted by Crippen LogP contribution is 2.27. The molecule has 0 aliphatic heterocycles. The average molecular weight is 324 g/mol. The van der Waals surface area contributed by atoms with E-state index in [0.717, 1.165) is 15.6 Å². The summed E-state index contributed by atoms with van der Waals surface area (Å²) in [5, 5.41) is 4.80. The molecule has 1 amide bonds. The Morgan fingerprint density at radius 2 is 2.19 bits per heavy atom. The monoisotopic (exact) mass is 324 g/mol. The quantitative estimate of drug-likeness (QED) is 0.766. The molecule has 0 N–H and O–H groups in total. The Labute approximate surface area is 131 Å². The van der Waals surface area contributed by atoms with Crippen molar-refractivity contribution in [2.45, 2.75) is 13.3 Å². The van der Waals surface area contributed by atoms with E-state index in [-0.39, 0.29) is 18.9 Å². The second kappa shape index (κ2) is 7.33. The first-order valence-electron chi connectivity index (χ1n) is 6.47. The van der Waals surface area contributed by atoms with Gasteiger partial charge in [0.25, 0.3) is 0 Å². The number of amides is 1. The Kier molecular flexibility index (Phi) is 5.46. The fourth-order valence-corrected chi connectivity index (χ4v) is 3.40. The molecule has 2 rings (SSSR count). The molecule has 112 valence electrons. The number of nitrogens with zero attached hydrogens (tertiary/aromatic N) is 2. The molecule has 7 heteroatoms. The van der Waals surface area contributed by atoms with Gasteiger partial charge in [-0.15, -0.1) is 22.7 Å². The second-order valence-electron chi connectivity index (χ2n) is 4.28. The lowest BCUT2D eigenvalue weighted by Gasteiger charge is -2.18. The van der Waals surface area contributed by atoms with Gasteiger partial charge in [-0.25, -0.2) is 4.98 Å². The molecule has 0 aliphatic carbocycles. The van der Waals surface area contributed by atoms with Crippen molar-refractivity contribution in [1.29, 1.82) is 0 Å². The van der Waals surface area contributed by atoms with Crippen LogP contribution in [0.1, 0.15) is 12.6 Å². The van der Waals surface area contributed by atoms with Crippen LogP contribution in [0.15, 0.2) is 22.9 Å². The summed E-state index contributed by atoms with van der Waals surface area (Å²) < 4.78 is 4.59. The van der Waals surface area contributed by atoms with Crippen molar-refractivity contribution in [2.75, 3.05) is 20.2 Å². The van der Waals surface area contributed by atoms with Crippen LogP contribution in [0.4, 0.5) is 0 Å². The maximum Gasteiger partial charge on any atom is 0.325 e. The van der Waals surface area contributed by atoms with Gasteiger partial charge in [0.2, 0.25) is 5.91 Å². The molecule has 0 unspecified atom stereocenters. The van der Waals surface area contributed by atoms with Crippen molar-refractivity contribution in [3.05, 3.63) is 28.6 Å². The van der Waals surface area contributed by atoms with Crippen LogP contribution in [-0.4, -0.2) is 42.0 Å². The summed E-state index contributed by atoms with van der Waals surface area (Å²) in [6.07, 6.45) is 0.201. The smallest absolute Gasteiger partial charge is 0.325 e. The summed E-state index contributed by atoms with van der Waals surface area (Å²) in [4.78, 5) is 30.5. The third kappa shape index (κ3) is 4.12. The number of carbonyl (C=O) groups is 2. The topological polar surface area (TPSA) is 59.5 Å². The van der Waals surface area contributed by atoms with Gasteiger partial charge in [0.1, 0.15) is 11.6 Å². The van der Waals surface area contributed by atoms with Crippen molar-refractivity contribution in [2.24, 2.45) is 0 Å². The summed E-state index contributed by atoms with van der Waals surface area (Å²) in [5.41, 5.74) is 0.733. The fourth-order valence-electron chi connectivity index (χ4n) is 1.77. The Morgan fingerprint density at radius 3 is 2.81 bits per heavy atom. The minimum atomic E-state index is -0.414. The zero-order valence-electron chi connectivity index (χ0n) is 11.9. The number of carbonyl (C=O) groups excluding carboxylic acids is 2. The predicted octanol–water partition coefficient (Wildman–Crippen LogP) is 2.44. The van der Waals surface area contributed by atoms with Gasteiger partial charge >= 0.3 is 5.97 Å². The van der Waals surface area contributed by atoms with Crippen molar-refractivity contribution in [1.82, 2.24) is 9.88 Å². The standard InChI is InChI=1S/C14H16N2O3S2/c1-3-16(8-13(18)19-2)12(17)7-10-9-21-14(15-10)11-5-4-6-20-11/h4-6,9H,3,7-8H2,1-2H3. The van der Waals surface area contributed by atoms with Gasteiger partial charge in [-0.2, -0.15) is 0 Å². The molecule has 0 aromatic carbocycles. The number of aromatic nitrogens is 1. The minimum absolute atomic E-state index is 0.0201. The first-order valence-corrected chi connectivity index (χ1v) is 8.22. The third-order valence-electron chi connectivity index (χ3n) is 2.90. The van der Waals surface area contributed by atoms with Gasteiger partial charge in [0, 0.05) is 11.9 Å². The van der Waals surface area contributed by atoms with Crippen LogP contribution in [0.5, 0.6) is 0 Å². The molecule has 5 nitrogen and oxygen atoms in total. The van der Waals surface area contributed by atoms with E-state index in [2.05, 4.69) is 9.72 Å². The van der Waals surface area contributed by atoms with Crippen LogP contribution in [-0.2, 0) is 20.7 Å². The number of thiophene rings is 1. The molecule has 0 fully saturated rings. The van der Waals surface area contributed by atoms with Gasteiger partial charge in [-0.1, -0.05) is 6.07 Å². The summed E-state index contributed by atoms with van der Waals surface area (Å²) in [7, 11) is 1.31. The average Bonchev–Trinajstić information content (AvgIpc) is 3.14. The van der Waals surface area contributed by atoms with Crippen molar-refractivity contribution in [3.8, 4) is 9.88 Å². The molecule has 0 saturated heterocycles. The van der Waals surface area contributed by atoms with Crippen LogP contribution in [0.3, 0.4) is 0 Å². The summed E-state index contributed by atoms with van der Waals surface area (Å²) in [6.45, 7) is 2.28. The number of likely N-dealkylation sites (N-methyl/N-ethyl adjacent to an activating group) is 1. The number of methoxy groups -OCH3 is 1. The molecule has 0 bridgehead atoms. The predicted molar refractivity (Wildman–Crippen MR) is 83.4 cm³/mol. The Bertz CT molecular complexity index is 608. The maximum atomic E-state index is 12.2. The van der Waals surface area contributed by atoms with Gasteiger partial charge in [-0.3, -0.25) is 9.59 Å². The lowest BCUT2D eigenvalue weighted by Crippen LogP contribution is -2.37. The Balaban J connectivity index is 2.00. The summed E-state index contributed by atoms with van der Waals surface area (Å²) in [6, 6.07) is 3.98. The van der Waals surface area contributed by atoms with E-state index in [4.69, 9.17) is 0 Å². The molecule has 0 atom stereocenters. The van der Waals surface area contributed by atoms with E-state index in [1.54, 1.807) is 11.3 Å². The van der Waals surface area contributed by atoms with Crippen LogP contribution in [0.2, 0.25) is 0 Å². The number of hydrogen-bond donors (Lipinski definition) is 0. The maximum absolute atomic E-state index is 12.2. The number of thiazole rings is 1. The first kappa shape index (κ1) is 15.7. The number of esters is 1. The van der Waals surface area contributed by atoms with E-state index in [1.807, 2.05) is 29.8 Å². The first-order chi connectivity index (χ1) is 10.1. The molecular weight excluding hydrogens is 308 g/mol. The van der Waals surface area contributed by atoms with E-state index < -0.39 is 5.97 Å². The van der Waals surface area contributed by atoms with Crippen LogP contribution in [0, 0.1) is 0 Å². The molecule has 0 saturated carbocycles. The molecule has 0 spiro atoms. The number of ether oxygens (including phenoxy) is 1. The highest BCUT2D eigenvalue weighted by molar-refractivity contribution is 7.20. The highest BCUT2D eigenvalue weighted by atomic mass is 32.1. The lowest BCUT2D eigenvalue weighted by molar-refractivity contribution is -0.146. The van der Waals surface area contributed by atoms with Crippen molar-refractivity contribution >= 4 is 34.6 Å². The largest absolute Gasteiger partial charge is 0.468 e.